The normalized spacial score (nSPS) is 29.9. The van der Waals surface area contributed by atoms with Gasteiger partial charge in [0.1, 0.15) is 6.33 Å². The lowest BCUT2D eigenvalue weighted by Gasteiger charge is -2.47. The van der Waals surface area contributed by atoms with Crippen LogP contribution in [-0.2, 0) is 0 Å². The third-order valence-corrected chi connectivity index (χ3v) is 4.94. The zero-order valence-electron chi connectivity index (χ0n) is 11.7. The van der Waals surface area contributed by atoms with Crippen molar-refractivity contribution >= 4 is 17.4 Å². The van der Waals surface area contributed by atoms with Crippen LogP contribution in [0.4, 0.5) is 5.82 Å². The number of ether oxygens (including phenoxy) is 1. The predicted molar refractivity (Wildman–Crippen MR) is 77.3 cm³/mol. The number of nitrogens with zero attached hydrogens (tertiary/aromatic N) is 3. The maximum absolute atomic E-state index is 10.7. The average Bonchev–Trinajstić information content (AvgIpc) is 2.46. The number of halogens is 1. The van der Waals surface area contributed by atoms with Gasteiger partial charge in [-0.15, -0.1) is 0 Å². The van der Waals surface area contributed by atoms with Gasteiger partial charge in [0.15, 0.2) is 16.7 Å². The van der Waals surface area contributed by atoms with Crippen molar-refractivity contribution in [2.75, 3.05) is 25.1 Å². The molecule has 1 aliphatic heterocycles. The topological polar surface area (TPSA) is 58.5 Å². The van der Waals surface area contributed by atoms with Crippen molar-refractivity contribution < 1.29 is 9.84 Å². The highest BCUT2D eigenvalue weighted by molar-refractivity contribution is 6.31. The molecule has 1 aliphatic carbocycles. The van der Waals surface area contributed by atoms with Crippen LogP contribution < -0.4 is 9.64 Å². The number of methoxy groups -OCH3 is 1. The highest BCUT2D eigenvalue weighted by Gasteiger charge is 2.43. The van der Waals surface area contributed by atoms with E-state index < -0.39 is 5.60 Å². The van der Waals surface area contributed by atoms with E-state index in [1.54, 1.807) is 7.11 Å². The van der Waals surface area contributed by atoms with Crippen molar-refractivity contribution in [1.29, 1.82) is 0 Å². The van der Waals surface area contributed by atoms with Crippen LogP contribution in [0.3, 0.4) is 0 Å². The first kappa shape index (κ1) is 13.9. The number of piperidine rings is 1. The van der Waals surface area contributed by atoms with Crippen LogP contribution in [-0.4, -0.2) is 40.9 Å². The summed E-state index contributed by atoms with van der Waals surface area (Å²) in [5.74, 6) is 1.57. The van der Waals surface area contributed by atoms with Crippen LogP contribution in [0.1, 0.15) is 32.1 Å². The molecule has 2 unspecified atom stereocenters. The molecule has 20 heavy (non-hydrogen) atoms. The summed E-state index contributed by atoms with van der Waals surface area (Å²) < 4.78 is 5.33. The highest BCUT2D eigenvalue weighted by Crippen LogP contribution is 2.42. The minimum atomic E-state index is -0.487. The predicted octanol–water partition coefficient (Wildman–Crippen LogP) is 2.27. The van der Waals surface area contributed by atoms with E-state index in [4.69, 9.17) is 16.3 Å². The zero-order chi connectivity index (χ0) is 14.2. The van der Waals surface area contributed by atoms with Gasteiger partial charge in [0.25, 0.3) is 0 Å². The summed E-state index contributed by atoms with van der Waals surface area (Å²) in [4.78, 5) is 10.4. The maximum atomic E-state index is 10.7. The fourth-order valence-corrected chi connectivity index (χ4v) is 3.71. The summed E-state index contributed by atoms with van der Waals surface area (Å²) in [5, 5.41) is 11.1. The summed E-state index contributed by atoms with van der Waals surface area (Å²) in [7, 11) is 1.58. The number of aliphatic hydroxyl groups is 1. The number of hydrogen-bond acceptors (Lipinski definition) is 5. The van der Waals surface area contributed by atoms with E-state index in [0.717, 1.165) is 44.6 Å². The van der Waals surface area contributed by atoms with Crippen LogP contribution in [0.5, 0.6) is 5.75 Å². The van der Waals surface area contributed by atoms with Crippen LogP contribution in [0, 0.1) is 5.92 Å². The SMILES string of the molecule is COc1c(Cl)ncnc1N1CCC2(O)CCCCC2C1. The second-order valence-electron chi connectivity index (χ2n) is 5.76. The van der Waals surface area contributed by atoms with Gasteiger partial charge in [-0.1, -0.05) is 24.4 Å². The largest absolute Gasteiger partial charge is 0.490 e. The smallest absolute Gasteiger partial charge is 0.199 e. The Kier molecular flexibility index (Phi) is 3.73. The van der Waals surface area contributed by atoms with Crippen molar-refractivity contribution in [2.24, 2.45) is 5.92 Å². The summed E-state index contributed by atoms with van der Waals surface area (Å²) >= 11 is 6.06. The van der Waals surface area contributed by atoms with E-state index in [1.165, 1.54) is 12.7 Å². The van der Waals surface area contributed by atoms with Gasteiger partial charge >= 0.3 is 0 Å². The van der Waals surface area contributed by atoms with Gasteiger partial charge in [-0.2, -0.15) is 0 Å². The van der Waals surface area contributed by atoms with E-state index in [9.17, 15) is 5.11 Å². The molecule has 1 aromatic heterocycles. The number of aromatic nitrogens is 2. The Balaban J connectivity index is 1.84. The molecule has 0 bridgehead atoms. The first-order valence-electron chi connectivity index (χ1n) is 7.16. The molecule has 0 radical (unpaired) electrons. The number of hydrogen-bond donors (Lipinski definition) is 1. The fraction of sp³-hybridized carbons (Fsp3) is 0.714. The standard InChI is InChI=1S/C14H20ClN3O2/c1-20-11-12(15)16-9-17-13(11)18-7-6-14(19)5-3-2-4-10(14)8-18/h9-10,19H,2-8H2,1H3. The second-order valence-corrected chi connectivity index (χ2v) is 6.12. The molecule has 3 rings (SSSR count). The van der Waals surface area contributed by atoms with Gasteiger partial charge in [-0.05, 0) is 19.3 Å². The minimum absolute atomic E-state index is 0.309. The molecule has 2 heterocycles. The van der Waals surface area contributed by atoms with Crippen molar-refractivity contribution in [3.63, 3.8) is 0 Å². The van der Waals surface area contributed by atoms with Crippen LogP contribution in [0.15, 0.2) is 6.33 Å². The minimum Gasteiger partial charge on any atom is -0.490 e. The molecule has 0 amide bonds. The number of rotatable bonds is 2. The Morgan fingerprint density at radius 2 is 2.25 bits per heavy atom. The summed E-state index contributed by atoms with van der Waals surface area (Å²) in [6.45, 7) is 1.58. The molecular weight excluding hydrogens is 278 g/mol. The van der Waals surface area contributed by atoms with Gasteiger partial charge in [-0.3, -0.25) is 0 Å². The van der Waals surface area contributed by atoms with Crippen molar-refractivity contribution in [3.05, 3.63) is 11.5 Å². The Bertz CT molecular complexity index is 499. The average molecular weight is 298 g/mol. The molecule has 1 saturated heterocycles. The Morgan fingerprint density at radius 3 is 3.05 bits per heavy atom. The van der Waals surface area contributed by atoms with Crippen molar-refractivity contribution in [3.8, 4) is 5.75 Å². The first-order valence-corrected chi connectivity index (χ1v) is 7.53. The lowest BCUT2D eigenvalue weighted by Crippen LogP contribution is -2.53. The van der Waals surface area contributed by atoms with Gasteiger partial charge in [-0.25, -0.2) is 9.97 Å². The molecular formula is C14H20ClN3O2. The van der Waals surface area contributed by atoms with Crippen LogP contribution in [0.2, 0.25) is 5.15 Å². The third-order valence-electron chi connectivity index (χ3n) is 4.67. The van der Waals surface area contributed by atoms with Crippen molar-refractivity contribution in [2.45, 2.75) is 37.7 Å². The van der Waals surface area contributed by atoms with Gasteiger partial charge in [0.05, 0.1) is 12.7 Å². The quantitative estimate of drug-likeness (QED) is 0.849. The molecule has 2 fully saturated rings. The van der Waals surface area contributed by atoms with Crippen molar-refractivity contribution in [1.82, 2.24) is 9.97 Å². The molecule has 1 aromatic rings. The zero-order valence-corrected chi connectivity index (χ0v) is 12.4. The van der Waals surface area contributed by atoms with E-state index in [2.05, 4.69) is 14.9 Å². The summed E-state index contributed by atoms with van der Waals surface area (Å²) in [5.41, 5.74) is -0.487. The molecule has 0 spiro atoms. The lowest BCUT2D eigenvalue weighted by molar-refractivity contribution is -0.0614. The summed E-state index contributed by atoms with van der Waals surface area (Å²) in [6, 6.07) is 0. The molecule has 1 saturated carbocycles. The Labute approximate surface area is 123 Å². The van der Waals surface area contributed by atoms with Gasteiger partial charge in [0.2, 0.25) is 0 Å². The molecule has 0 aromatic carbocycles. The van der Waals surface area contributed by atoms with Crippen LogP contribution in [0.25, 0.3) is 0 Å². The summed E-state index contributed by atoms with van der Waals surface area (Å²) in [6.07, 6.45) is 6.57. The molecule has 2 aliphatic rings. The molecule has 1 N–H and O–H groups in total. The van der Waals surface area contributed by atoms with E-state index >= 15 is 0 Å². The second kappa shape index (κ2) is 5.37. The highest BCUT2D eigenvalue weighted by atomic mass is 35.5. The number of fused-ring (bicyclic) bond motifs is 1. The lowest BCUT2D eigenvalue weighted by atomic mass is 9.71. The molecule has 6 heteroatoms. The molecule has 2 atom stereocenters. The maximum Gasteiger partial charge on any atom is 0.199 e. The van der Waals surface area contributed by atoms with E-state index in [0.29, 0.717) is 16.8 Å². The van der Waals surface area contributed by atoms with E-state index in [-0.39, 0.29) is 0 Å². The van der Waals surface area contributed by atoms with Gasteiger partial charge < -0.3 is 14.7 Å². The fourth-order valence-electron chi connectivity index (χ4n) is 3.51. The molecule has 5 nitrogen and oxygen atoms in total. The molecule has 110 valence electrons. The number of anilines is 1. The first-order chi connectivity index (χ1) is 9.64. The van der Waals surface area contributed by atoms with Crippen LogP contribution >= 0.6 is 11.6 Å². The Morgan fingerprint density at radius 1 is 1.40 bits per heavy atom. The monoisotopic (exact) mass is 297 g/mol. The van der Waals surface area contributed by atoms with Gasteiger partial charge in [0, 0.05) is 19.0 Å². The Hall–Kier alpha value is -1.07. The van der Waals surface area contributed by atoms with E-state index in [1.807, 2.05) is 0 Å². The third kappa shape index (κ3) is 2.33.